The van der Waals surface area contributed by atoms with Gasteiger partial charge >= 0.3 is 0 Å². The van der Waals surface area contributed by atoms with E-state index < -0.39 is 5.92 Å². The number of nitrogens with zero attached hydrogens (tertiary/aromatic N) is 4. The molecule has 2 aromatic rings. The molecular formula is C14H14ClF2N5. The highest BCUT2D eigenvalue weighted by Gasteiger charge is 2.47. The normalized spacial score (nSPS) is 20.9. The Morgan fingerprint density at radius 3 is 2.64 bits per heavy atom. The number of nitrogen functional groups attached to an aromatic ring is 1. The number of anilines is 1. The Kier molecular flexibility index (Phi) is 2.91. The maximum Gasteiger partial charge on any atom is 0.252 e. The van der Waals surface area contributed by atoms with Crippen molar-refractivity contribution in [3.05, 3.63) is 22.7 Å². The van der Waals surface area contributed by atoms with Crippen LogP contribution in [0.3, 0.4) is 0 Å². The van der Waals surface area contributed by atoms with E-state index in [4.69, 9.17) is 17.3 Å². The van der Waals surface area contributed by atoms with E-state index in [-0.39, 0.29) is 18.9 Å². The molecule has 4 rings (SSSR count). The Bertz CT molecular complexity index is 733. The van der Waals surface area contributed by atoms with Gasteiger partial charge in [0.2, 0.25) is 5.82 Å². The second kappa shape index (κ2) is 4.62. The largest absolute Gasteiger partial charge is 0.398 e. The second-order valence-corrected chi connectivity index (χ2v) is 6.49. The van der Waals surface area contributed by atoms with Gasteiger partial charge in [-0.1, -0.05) is 11.6 Å². The lowest BCUT2D eigenvalue weighted by Crippen LogP contribution is -2.38. The van der Waals surface area contributed by atoms with E-state index in [9.17, 15) is 8.78 Å². The van der Waals surface area contributed by atoms with Crippen LogP contribution in [0.1, 0.15) is 43.2 Å². The zero-order valence-electron chi connectivity index (χ0n) is 11.6. The van der Waals surface area contributed by atoms with Gasteiger partial charge in [-0.3, -0.25) is 0 Å². The summed E-state index contributed by atoms with van der Waals surface area (Å²) in [4.78, 5) is 1.29. The summed E-state index contributed by atoms with van der Waals surface area (Å²) >= 11 is 6.09. The third-order valence-electron chi connectivity index (χ3n) is 4.25. The van der Waals surface area contributed by atoms with Crippen LogP contribution in [-0.2, 0) is 0 Å². The highest BCUT2D eigenvalue weighted by Crippen LogP contribution is 2.47. The second-order valence-electron chi connectivity index (χ2n) is 6.09. The first-order valence-electron chi connectivity index (χ1n) is 7.19. The molecule has 1 heterocycles. The highest BCUT2D eigenvalue weighted by atomic mass is 35.5. The molecule has 2 aliphatic carbocycles. The van der Waals surface area contributed by atoms with E-state index in [1.54, 1.807) is 6.07 Å². The quantitative estimate of drug-likeness (QED) is 0.878. The summed E-state index contributed by atoms with van der Waals surface area (Å²) in [5.41, 5.74) is 8.17. The fraction of sp³-hybridized carbons (Fsp3) is 0.500. The first kappa shape index (κ1) is 13.9. The Morgan fingerprint density at radius 2 is 2.00 bits per heavy atom. The van der Waals surface area contributed by atoms with Gasteiger partial charge in [0.05, 0.1) is 16.8 Å². The average molecular weight is 326 g/mol. The lowest BCUT2D eigenvalue weighted by molar-refractivity contribution is -0.110. The standard InChI is InChI=1S/C14H14ClF2N5/c15-11-3-9(7-1-2-7)10(4-12(11)18)13-19-21-22(20-13)8-5-14(16,17)6-8/h3-4,7-8H,1-2,5-6,18H2. The van der Waals surface area contributed by atoms with Gasteiger partial charge in [-0.2, -0.15) is 4.80 Å². The predicted octanol–water partition coefficient (Wildman–Crippen LogP) is 3.42. The molecule has 0 saturated heterocycles. The van der Waals surface area contributed by atoms with Crippen molar-refractivity contribution in [1.82, 2.24) is 20.2 Å². The minimum Gasteiger partial charge on any atom is -0.398 e. The number of rotatable bonds is 3. The molecule has 116 valence electrons. The van der Waals surface area contributed by atoms with Gasteiger partial charge in [-0.15, -0.1) is 10.2 Å². The van der Waals surface area contributed by atoms with E-state index in [2.05, 4.69) is 15.4 Å². The molecule has 2 aliphatic rings. The molecule has 0 aliphatic heterocycles. The van der Waals surface area contributed by atoms with Gasteiger partial charge in [0, 0.05) is 18.4 Å². The van der Waals surface area contributed by atoms with Gasteiger partial charge in [-0.25, -0.2) is 8.78 Å². The van der Waals surface area contributed by atoms with Crippen molar-refractivity contribution in [2.24, 2.45) is 0 Å². The molecule has 2 fully saturated rings. The fourth-order valence-corrected chi connectivity index (χ4v) is 2.98. The van der Waals surface area contributed by atoms with Crippen molar-refractivity contribution >= 4 is 17.3 Å². The summed E-state index contributed by atoms with van der Waals surface area (Å²) in [5.74, 6) is -1.75. The van der Waals surface area contributed by atoms with Crippen LogP contribution in [0.4, 0.5) is 14.5 Å². The number of aromatic nitrogens is 4. The third kappa shape index (κ3) is 2.33. The van der Waals surface area contributed by atoms with Crippen molar-refractivity contribution in [3.63, 3.8) is 0 Å². The summed E-state index contributed by atoms with van der Waals surface area (Å²) in [6, 6.07) is 3.21. The minimum atomic E-state index is -2.61. The van der Waals surface area contributed by atoms with Crippen LogP contribution < -0.4 is 5.73 Å². The fourth-order valence-electron chi connectivity index (χ4n) is 2.81. The SMILES string of the molecule is Nc1cc(-c2nnn(C3CC(F)(F)C3)n2)c(C2CC2)cc1Cl. The zero-order valence-corrected chi connectivity index (χ0v) is 12.4. The molecular weight excluding hydrogens is 312 g/mol. The highest BCUT2D eigenvalue weighted by molar-refractivity contribution is 6.33. The Labute approximate surface area is 130 Å². The van der Waals surface area contributed by atoms with Gasteiger partial charge in [-0.05, 0) is 41.7 Å². The van der Waals surface area contributed by atoms with Gasteiger partial charge in [0.1, 0.15) is 0 Å². The molecule has 2 N–H and O–H groups in total. The van der Waals surface area contributed by atoms with Gasteiger partial charge < -0.3 is 5.73 Å². The molecule has 0 atom stereocenters. The molecule has 1 aromatic carbocycles. The molecule has 5 nitrogen and oxygen atoms in total. The number of halogens is 3. The molecule has 0 spiro atoms. The molecule has 22 heavy (non-hydrogen) atoms. The van der Waals surface area contributed by atoms with Crippen LogP contribution in [0.2, 0.25) is 5.02 Å². The molecule has 0 unspecified atom stereocenters. The maximum atomic E-state index is 13.0. The molecule has 0 amide bonds. The molecule has 0 bridgehead atoms. The first-order chi connectivity index (χ1) is 10.4. The Balaban J connectivity index is 1.68. The van der Waals surface area contributed by atoms with Gasteiger partial charge in [0.25, 0.3) is 5.92 Å². The zero-order chi connectivity index (χ0) is 15.5. The third-order valence-corrected chi connectivity index (χ3v) is 4.58. The molecule has 8 heteroatoms. The average Bonchev–Trinajstić information content (AvgIpc) is 3.16. The minimum absolute atomic E-state index is 0.235. The number of hydrogen-bond acceptors (Lipinski definition) is 4. The van der Waals surface area contributed by atoms with Crippen molar-refractivity contribution < 1.29 is 8.78 Å². The molecule has 0 radical (unpaired) electrons. The summed E-state index contributed by atoms with van der Waals surface area (Å²) < 4.78 is 25.9. The van der Waals surface area contributed by atoms with E-state index in [1.807, 2.05) is 6.07 Å². The summed E-state index contributed by atoms with van der Waals surface area (Å²) in [7, 11) is 0. The Morgan fingerprint density at radius 1 is 1.27 bits per heavy atom. The van der Waals surface area contributed by atoms with E-state index in [0.29, 0.717) is 22.5 Å². The predicted molar refractivity (Wildman–Crippen MR) is 77.9 cm³/mol. The summed E-state index contributed by atoms with van der Waals surface area (Å²) in [5, 5.41) is 12.7. The smallest absolute Gasteiger partial charge is 0.252 e. The van der Waals surface area contributed by atoms with Crippen LogP contribution >= 0.6 is 11.6 Å². The van der Waals surface area contributed by atoms with Crippen LogP contribution in [0, 0.1) is 0 Å². The summed E-state index contributed by atoms with van der Waals surface area (Å²) in [6.07, 6.45) is 1.72. The number of alkyl halides is 2. The van der Waals surface area contributed by atoms with E-state index in [1.165, 1.54) is 4.80 Å². The number of tetrazole rings is 1. The van der Waals surface area contributed by atoms with Crippen molar-refractivity contribution in [3.8, 4) is 11.4 Å². The summed E-state index contributed by atoms with van der Waals surface area (Å²) in [6.45, 7) is 0. The topological polar surface area (TPSA) is 69.6 Å². The van der Waals surface area contributed by atoms with Crippen molar-refractivity contribution in [1.29, 1.82) is 0 Å². The maximum absolute atomic E-state index is 13.0. The number of nitrogens with two attached hydrogens (primary N) is 1. The lowest BCUT2D eigenvalue weighted by Gasteiger charge is -2.33. The molecule has 1 aromatic heterocycles. The van der Waals surface area contributed by atoms with Crippen LogP contribution in [0.15, 0.2) is 12.1 Å². The molecule has 2 saturated carbocycles. The van der Waals surface area contributed by atoms with Crippen LogP contribution in [-0.4, -0.2) is 26.1 Å². The van der Waals surface area contributed by atoms with E-state index >= 15 is 0 Å². The monoisotopic (exact) mass is 325 g/mol. The van der Waals surface area contributed by atoms with Crippen LogP contribution in [0.25, 0.3) is 11.4 Å². The Hall–Kier alpha value is -1.76. The van der Waals surface area contributed by atoms with Crippen molar-refractivity contribution in [2.75, 3.05) is 5.73 Å². The number of hydrogen-bond donors (Lipinski definition) is 1. The lowest BCUT2D eigenvalue weighted by atomic mass is 9.89. The first-order valence-corrected chi connectivity index (χ1v) is 7.57. The van der Waals surface area contributed by atoms with Crippen LogP contribution in [0.5, 0.6) is 0 Å². The van der Waals surface area contributed by atoms with Gasteiger partial charge in [0.15, 0.2) is 0 Å². The van der Waals surface area contributed by atoms with E-state index in [0.717, 1.165) is 24.0 Å². The number of benzene rings is 1. The van der Waals surface area contributed by atoms with Crippen molar-refractivity contribution in [2.45, 2.75) is 43.6 Å².